The third-order valence-electron chi connectivity index (χ3n) is 2.57. The number of hydrogen-bond acceptors (Lipinski definition) is 3. The molecule has 17 heavy (non-hydrogen) atoms. The average molecular weight is 267 g/mol. The predicted molar refractivity (Wildman–Crippen MR) is 73.7 cm³/mol. The Labute approximate surface area is 111 Å². The number of hydrogen-bond donors (Lipinski definition) is 2. The molecule has 0 rings (SSSR count). The molecule has 2 N–H and O–H groups in total. The summed E-state index contributed by atoms with van der Waals surface area (Å²) in [6.07, 6.45) is 1.50. The Morgan fingerprint density at radius 3 is 2.35 bits per heavy atom. The molecule has 0 bridgehead atoms. The molecule has 0 heterocycles. The maximum absolute atomic E-state index is 11.5. The number of methoxy groups -OCH3 is 1. The zero-order chi connectivity index (χ0) is 12.6. The van der Waals surface area contributed by atoms with Crippen molar-refractivity contribution in [1.29, 1.82) is 0 Å². The van der Waals surface area contributed by atoms with Crippen molar-refractivity contribution in [2.45, 2.75) is 39.7 Å². The summed E-state index contributed by atoms with van der Waals surface area (Å²) >= 11 is 0. The second-order valence-corrected chi connectivity index (χ2v) is 5.10. The number of halogens is 1. The summed E-state index contributed by atoms with van der Waals surface area (Å²) in [5.74, 6) is 0.0987. The Morgan fingerprint density at radius 2 is 1.94 bits per heavy atom. The Morgan fingerprint density at radius 1 is 1.35 bits per heavy atom. The predicted octanol–water partition coefficient (Wildman–Crippen LogP) is 1.59. The molecule has 0 saturated heterocycles. The van der Waals surface area contributed by atoms with E-state index in [9.17, 15) is 4.79 Å². The number of ether oxygens (including phenoxy) is 1. The summed E-state index contributed by atoms with van der Waals surface area (Å²) < 4.78 is 5.36. The highest BCUT2D eigenvalue weighted by Crippen LogP contribution is 2.20. The van der Waals surface area contributed by atoms with Gasteiger partial charge in [-0.1, -0.05) is 20.8 Å². The average Bonchev–Trinajstić information content (AvgIpc) is 2.17. The Hall–Kier alpha value is -0.320. The number of amides is 1. The minimum atomic E-state index is 0. The Kier molecular flexibility index (Phi) is 10.8. The van der Waals surface area contributed by atoms with Crippen molar-refractivity contribution in [2.24, 2.45) is 5.41 Å². The number of carbonyl (C=O) groups excluding carboxylic acids is 1. The van der Waals surface area contributed by atoms with Crippen LogP contribution in [0.4, 0.5) is 0 Å². The third-order valence-corrected chi connectivity index (χ3v) is 2.57. The van der Waals surface area contributed by atoms with Gasteiger partial charge in [0.2, 0.25) is 5.91 Å². The first-order valence-electron chi connectivity index (χ1n) is 5.86. The van der Waals surface area contributed by atoms with Gasteiger partial charge in [0.1, 0.15) is 0 Å². The Balaban J connectivity index is 0. The molecule has 0 aliphatic carbocycles. The highest BCUT2D eigenvalue weighted by molar-refractivity contribution is 5.85. The van der Waals surface area contributed by atoms with Crippen molar-refractivity contribution < 1.29 is 9.53 Å². The minimum absolute atomic E-state index is 0. The maximum Gasteiger partial charge on any atom is 0.220 e. The van der Waals surface area contributed by atoms with Crippen molar-refractivity contribution >= 4 is 18.3 Å². The van der Waals surface area contributed by atoms with E-state index in [2.05, 4.69) is 31.4 Å². The summed E-state index contributed by atoms with van der Waals surface area (Å²) in [6.45, 7) is 7.77. The van der Waals surface area contributed by atoms with Gasteiger partial charge >= 0.3 is 0 Å². The molecular weight excluding hydrogens is 240 g/mol. The summed E-state index contributed by atoms with van der Waals surface area (Å²) in [5, 5.41) is 5.93. The van der Waals surface area contributed by atoms with Gasteiger partial charge in [0.05, 0.1) is 6.10 Å². The molecule has 104 valence electrons. The second kappa shape index (κ2) is 9.68. The molecule has 0 radical (unpaired) electrons. The molecule has 0 spiro atoms. The molecule has 5 heteroatoms. The van der Waals surface area contributed by atoms with Crippen LogP contribution in [0.15, 0.2) is 0 Å². The van der Waals surface area contributed by atoms with E-state index in [0.717, 1.165) is 13.0 Å². The fourth-order valence-electron chi connectivity index (χ4n) is 1.46. The van der Waals surface area contributed by atoms with Crippen molar-refractivity contribution in [3.8, 4) is 0 Å². The van der Waals surface area contributed by atoms with Crippen LogP contribution < -0.4 is 10.6 Å². The zero-order valence-electron chi connectivity index (χ0n) is 11.6. The van der Waals surface area contributed by atoms with Crippen LogP contribution in [0.5, 0.6) is 0 Å². The molecule has 1 atom stereocenters. The lowest BCUT2D eigenvalue weighted by Crippen LogP contribution is -2.40. The van der Waals surface area contributed by atoms with Gasteiger partial charge in [-0.3, -0.25) is 4.79 Å². The summed E-state index contributed by atoms with van der Waals surface area (Å²) in [5.41, 5.74) is 0.0486. The van der Waals surface area contributed by atoms with Gasteiger partial charge in [-0.2, -0.15) is 0 Å². The molecule has 0 aromatic rings. The number of nitrogens with one attached hydrogen (secondary N) is 2. The SMILES string of the molecule is CNCCCC(=O)NCC(OC)C(C)(C)C.Cl. The lowest BCUT2D eigenvalue weighted by Gasteiger charge is -2.29. The first kappa shape index (κ1) is 19.0. The van der Waals surface area contributed by atoms with Crippen LogP contribution in [-0.2, 0) is 9.53 Å². The van der Waals surface area contributed by atoms with Crippen LogP contribution in [0.1, 0.15) is 33.6 Å². The second-order valence-electron chi connectivity index (χ2n) is 5.10. The van der Waals surface area contributed by atoms with Gasteiger partial charge in [0.25, 0.3) is 0 Å². The van der Waals surface area contributed by atoms with Crippen LogP contribution in [-0.4, -0.2) is 39.3 Å². The number of rotatable bonds is 7. The normalized spacial score (nSPS) is 12.8. The maximum atomic E-state index is 11.5. The van der Waals surface area contributed by atoms with E-state index in [1.807, 2.05) is 7.05 Å². The van der Waals surface area contributed by atoms with E-state index < -0.39 is 0 Å². The zero-order valence-corrected chi connectivity index (χ0v) is 12.4. The lowest BCUT2D eigenvalue weighted by molar-refractivity contribution is -0.122. The summed E-state index contributed by atoms with van der Waals surface area (Å²) in [6, 6.07) is 0. The monoisotopic (exact) mass is 266 g/mol. The summed E-state index contributed by atoms with van der Waals surface area (Å²) in [4.78, 5) is 11.5. The number of carbonyl (C=O) groups is 1. The molecule has 1 amide bonds. The summed E-state index contributed by atoms with van der Waals surface area (Å²) in [7, 11) is 3.57. The van der Waals surface area contributed by atoms with Gasteiger partial charge in [0.15, 0.2) is 0 Å². The van der Waals surface area contributed by atoms with Gasteiger partial charge in [-0.05, 0) is 25.4 Å². The Bertz CT molecular complexity index is 205. The van der Waals surface area contributed by atoms with E-state index >= 15 is 0 Å². The largest absolute Gasteiger partial charge is 0.379 e. The van der Waals surface area contributed by atoms with Gasteiger partial charge in [-0.25, -0.2) is 0 Å². The van der Waals surface area contributed by atoms with Crippen LogP contribution in [0, 0.1) is 5.41 Å². The van der Waals surface area contributed by atoms with Crippen molar-refractivity contribution in [2.75, 3.05) is 27.2 Å². The van der Waals surface area contributed by atoms with E-state index in [0.29, 0.717) is 13.0 Å². The molecule has 0 aliphatic rings. The quantitative estimate of drug-likeness (QED) is 0.688. The standard InChI is InChI=1S/C12H26N2O2.ClH/c1-12(2,3)10(16-5)9-14-11(15)7-6-8-13-4;/h10,13H,6-9H2,1-5H3,(H,14,15);1H. The van der Waals surface area contributed by atoms with Gasteiger partial charge in [-0.15, -0.1) is 12.4 Å². The van der Waals surface area contributed by atoms with Crippen LogP contribution in [0.2, 0.25) is 0 Å². The topological polar surface area (TPSA) is 50.4 Å². The van der Waals surface area contributed by atoms with Gasteiger partial charge in [0, 0.05) is 20.1 Å². The fourth-order valence-corrected chi connectivity index (χ4v) is 1.46. The van der Waals surface area contributed by atoms with E-state index in [1.54, 1.807) is 7.11 Å². The first-order valence-corrected chi connectivity index (χ1v) is 5.86. The smallest absolute Gasteiger partial charge is 0.220 e. The van der Waals surface area contributed by atoms with Crippen molar-refractivity contribution in [3.05, 3.63) is 0 Å². The van der Waals surface area contributed by atoms with E-state index in [-0.39, 0.29) is 29.8 Å². The van der Waals surface area contributed by atoms with Crippen LogP contribution in [0.25, 0.3) is 0 Å². The van der Waals surface area contributed by atoms with Gasteiger partial charge < -0.3 is 15.4 Å². The molecule has 1 unspecified atom stereocenters. The van der Waals surface area contributed by atoms with Crippen molar-refractivity contribution in [3.63, 3.8) is 0 Å². The fraction of sp³-hybridized carbons (Fsp3) is 0.917. The minimum Gasteiger partial charge on any atom is -0.379 e. The van der Waals surface area contributed by atoms with Crippen LogP contribution >= 0.6 is 12.4 Å². The molecule has 0 aliphatic heterocycles. The molecule has 0 aromatic heterocycles. The van der Waals surface area contributed by atoms with E-state index in [4.69, 9.17) is 4.74 Å². The molecular formula is C12H27ClN2O2. The highest BCUT2D eigenvalue weighted by Gasteiger charge is 2.24. The molecule has 0 saturated carbocycles. The lowest BCUT2D eigenvalue weighted by atomic mass is 9.89. The highest BCUT2D eigenvalue weighted by atomic mass is 35.5. The van der Waals surface area contributed by atoms with E-state index in [1.165, 1.54) is 0 Å². The molecule has 0 fully saturated rings. The molecule has 4 nitrogen and oxygen atoms in total. The van der Waals surface area contributed by atoms with Crippen LogP contribution in [0.3, 0.4) is 0 Å². The third kappa shape index (κ3) is 9.39. The molecule has 0 aromatic carbocycles. The first-order chi connectivity index (χ1) is 7.41. The van der Waals surface area contributed by atoms with Crippen molar-refractivity contribution in [1.82, 2.24) is 10.6 Å².